The lowest BCUT2D eigenvalue weighted by Gasteiger charge is -2.08. The maximum atomic E-state index is 12.1. The summed E-state index contributed by atoms with van der Waals surface area (Å²) >= 11 is 5.91. The number of nitrogens with one attached hydrogen (secondary N) is 2. The summed E-state index contributed by atoms with van der Waals surface area (Å²) in [4.78, 5) is 34.3. The molecule has 2 aromatic carbocycles. The molecular weight excluding hydrogens is 334 g/mol. The zero-order valence-corrected chi connectivity index (χ0v) is 12.8. The molecule has 1 aliphatic rings. The van der Waals surface area contributed by atoms with Crippen molar-refractivity contribution in [1.29, 1.82) is 0 Å². The number of nitro groups is 1. The Kier molecular flexibility index (Phi) is 4.01. The van der Waals surface area contributed by atoms with E-state index in [9.17, 15) is 19.7 Å². The molecule has 120 valence electrons. The van der Waals surface area contributed by atoms with E-state index < -0.39 is 16.7 Å². The molecule has 0 radical (unpaired) electrons. The van der Waals surface area contributed by atoms with Crippen LogP contribution in [0.15, 0.2) is 54.2 Å². The number of hydrogen-bond acceptors (Lipinski definition) is 5. The first-order valence-corrected chi connectivity index (χ1v) is 7.21. The van der Waals surface area contributed by atoms with Gasteiger partial charge in [0.1, 0.15) is 5.70 Å². The van der Waals surface area contributed by atoms with Gasteiger partial charge in [-0.2, -0.15) is 0 Å². The van der Waals surface area contributed by atoms with Crippen molar-refractivity contribution in [3.63, 3.8) is 0 Å². The highest BCUT2D eigenvalue weighted by Crippen LogP contribution is 2.27. The van der Waals surface area contributed by atoms with Crippen molar-refractivity contribution in [1.82, 2.24) is 5.32 Å². The highest BCUT2D eigenvalue weighted by atomic mass is 35.5. The van der Waals surface area contributed by atoms with Crippen LogP contribution in [0.3, 0.4) is 0 Å². The maximum Gasteiger partial charge on any atom is 0.275 e. The molecule has 24 heavy (non-hydrogen) atoms. The van der Waals surface area contributed by atoms with Crippen LogP contribution in [-0.4, -0.2) is 16.7 Å². The van der Waals surface area contributed by atoms with Gasteiger partial charge in [-0.3, -0.25) is 25.0 Å². The molecule has 0 saturated heterocycles. The van der Waals surface area contributed by atoms with E-state index >= 15 is 0 Å². The fourth-order valence-corrected chi connectivity index (χ4v) is 2.50. The Balaban J connectivity index is 2.03. The van der Waals surface area contributed by atoms with Crippen molar-refractivity contribution in [3.8, 4) is 0 Å². The number of nitro benzene ring substituents is 1. The minimum Gasteiger partial charge on any atom is -0.350 e. The number of halogens is 1. The summed E-state index contributed by atoms with van der Waals surface area (Å²) in [5, 5.41) is 16.3. The van der Waals surface area contributed by atoms with Gasteiger partial charge in [0.25, 0.3) is 17.5 Å². The van der Waals surface area contributed by atoms with Gasteiger partial charge in [0.2, 0.25) is 0 Å². The first-order valence-electron chi connectivity index (χ1n) is 6.83. The van der Waals surface area contributed by atoms with E-state index in [1.54, 1.807) is 24.3 Å². The molecule has 8 heteroatoms. The average molecular weight is 344 g/mol. The molecule has 0 aromatic heterocycles. The second-order valence-electron chi connectivity index (χ2n) is 4.97. The molecule has 0 spiro atoms. The van der Waals surface area contributed by atoms with Crippen molar-refractivity contribution in [2.75, 3.05) is 5.32 Å². The molecule has 2 amide bonds. The number of benzene rings is 2. The van der Waals surface area contributed by atoms with Crippen molar-refractivity contribution in [2.45, 2.75) is 0 Å². The predicted molar refractivity (Wildman–Crippen MR) is 88.2 cm³/mol. The molecule has 0 bridgehead atoms. The monoisotopic (exact) mass is 343 g/mol. The lowest BCUT2D eigenvalue weighted by Crippen LogP contribution is -2.24. The van der Waals surface area contributed by atoms with Gasteiger partial charge in [0.05, 0.1) is 10.5 Å². The highest BCUT2D eigenvalue weighted by Gasteiger charge is 2.31. The minimum absolute atomic E-state index is 0.0659. The fourth-order valence-electron chi connectivity index (χ4n) is 2.31. The number of anilines is 1. The molecule has 0 aliphatic carbocycles. The lowest BCUT2D eigenvalue weighted by atomic mass is 10.0. The van der Waals surface area contributed by atoms with Gasteiger partial charge < -0.3 is 5.32 Å². The lowest BCUT2D eigenvalue weighted by molar-refractivity contribution is -0.384. The van der Waals surface area contributed by atoms with Gasteiger partial charge in [-0.1, -0.05) is 17.7 Å². The normalized spacial score (nSPS) is 13.9. The van der Waals surface area contributed by atoms with E-state index in [1.165, 1.54) is 24.3 Å². The van der Waals surface area contributed by atoms with Crippen LogP contribution in [0.1, 0.15) is 5.56 Å². The quantitative estimate of drug-likeness (QED) is 0.505. The average Bonchev–Trinajstić information content (AvgIpc) is 2.81. The molecule has 0 unspecified atom stereocenters. The third-order valence-corrected chi connectivity index (χ3v) is 3.63. The number of carbonyl (C=O) groups excluding carboxylic acids is 2. The first kappa shape index (κ1) is 15.7. The van der Waals surface area contributed by atoms with Crippen LogP contribution in [0.4, 0.5) is 11.4 Å². The van der Waals surface area contributed by atoms with Crippen molar-refractivity contribution in [3.05, 3.63) is 74.9 Å². The van der Waals surface area contributed by atoms with E-state index in [0.29, 0.717) is 16.3 Å². The third-order valence-electron chi connectivity index (χ3n) is 3.39. The Hall–Kier alpha value is -3.19. The standard InChI is InChI=1S/C16H10ClN3O4/c17-10-2-1-3-11(8-10)18-14-13(15(21)19-16(14)22)9-4-6-12(7-5-9)20(23)24/h1-8H,(H2,18,19,21,22). The molecule has 1 heterocycles. The summed E-state index contributed by atoms with van der Waals surface area (Å²) in [5.74, 6) is -1.15. The Morgan fingerprint density at radius 1 is 1.04 bits per heavy atom. The van der Waals surface area contributed by atoms with E-state index in [0.717, 1.165) is 0 Å². The number of carbonyl (C=O) groups is 2. The SMILES string of the molecule is O=C1NC(=O)C(c2ccc([N+](=O)[O-])cc2)=C1Nc1cccc(Cl)c1. The van der Waals surface area contributed by atoms with Gasteiger partial charge in [0.15, 0.2) is 0 Å². The Labute approximate surface area is 141 Å². The zero-order valence-electron chi connectivity index (χ0n) is 12.1. The van der Waals surface area contributed by atoms with Crippen molar-refractivity contribution >= 4 is 40.4 Å². The van der Waals surface area contributed by atoms with Crippen molar-refractivity contribution in [2.24, 2.45) is 0 Å². The van der Waals surface area contributed by atoms with Crippen molar-refractivity contribution < 1.29 is 14.5 Å². The molecule has 2 aromatic rings. The molecular formula is C16H10ClN3O4. The van der Waals surface area contributed by atoms with Gasteiger partial charge in [-0.15, -0.1) is 0 Å². The maximum absolute atomic E-state index is 12.1. The van der Waals surface area contributed by atoms with Gasteiger partial charge in [0, 0.05) is 22.8 Å². The van der Waals surface area contributed by atoms with Crippen LogP contribution in [0.25, 0.3) is 5.57 Å². The van der Waals surface area contributed by atoms with Crippen LogP contribution < -0.4 is 10.6 Å². The number of non-ortho nitro benzene ring substituents is 1. The van der Waals surface area contributed by atoms with Crippen LogP contribution in [0, 0.1) is 10.1 Å². The summed E-state index contributed by atoms with van der Waals surface area (Å²) in [6, 6.07) is 12.1. The molecule has 3 rings (SSSR count). The minimum atomic E-state index is -0.576. The first-order chi connectivity index (χ1) is 11.5. The predicted octanol–water partition coefficient (Wildman–Crippen LogP) is 2.73. The topological polar surface area (TPSA) is 101 Å². The van der Waals surface area contributed by atoms with Gasteiger partial charge in [-0.25, -0.2) is 0 Å². The number of imide groups is 1. The molecule has 7 nitrogen and oxygen atoms in total. The second-order valence-corrected chi connectivity index (χ2v) is 5.41. The molecule has 1 aliphatic heterocycles. The largest absolute Gasteiger partial charge is 0.350 e. The van der Waals surface area contributed by atoms with Gasteiger partial charge >= 0.3 is 0 Å². The fraction of sp³-hybridized carbons (Fsp3) is 0. The Morgan fingerprint density at radius 3 is 2.38 bits per heavy atom. The van der Waals surface area contributed by atoms with E-state index in [4.69, 9.17) is 11.6 Å². The second kappa shape index (κ2) is 6.13. The van der Waals surface area contributed by atoms with Crippen LogP contribution >= 0.6 is 11.6 Å². The molecule has 0 fully saturated rings. The van der Waals surface area contributed by atoms with E-state index in [2.05, 4.69) is 10.6 Å². The van der Waals surface area contributed by atoms with Gasteiger partial charge in [-0.05, 0) is 35.9 Å². The summed E-state index contributed by atoms with van der Waals surface area (Å²) in [5.41, 5.74) is 1.02. The number of rotatable bonds is 4. The van der Waals surface area contributed by atoms with Crippen LogP contribution in [0.5, 0.6) is 0 Å². The van der Waals surface area contributed by atoms with E-state index in [-0.39, 0.29) is 17.0 Å². The Bertz CT molecular complexity index is 890. The third kappa shape index (κ3) is 2.97. The molecule has 0 atom stereocenters. The number of amides is 2. The molecule has 0 saturated carbocycles. The number of hydrogen-bond donors (Lipinski definition) is 2. The summed E-state index contributed by atoms with van der Waals surface area (Å²) < 4.78 is 0. The Morgan fingerprint density at radius 2 is 1.75 bits per heavy atom. The summed E-state index contributed by atoms with van der Waals surface area (Å²) in [6.07, 6.45) is 0. The molecule has 2 N–H and O–H groups in total. The van der Waals surface area contributed by atoms with Crippen LogP contribution in [0.2, 0.25) is 5.02 Å². The highest BCUT2D eigenvalue weighted by molar-refractivity contribution is 6.36. The smallest absolute Gasteiger partial charge is 0.275 e. The summed E-state index contributed by atoms with van der Waals surface area (Å²) in [6.45, 7) is 0. The van der Waals surface area contributed by atoms with E-state index in [1.807, 2.05) is 0 Å². The summed E-state index contributed by atoms with van der Waals surface area (Å²) in [7, 11) is 0. The number of nitrogens with zero attached hydrogens (tertiary/aromatic N) is 1. The zero-order chi connectivity index (χ0) is 17.3. The van der Waals surface area contributed by atoms with Crippen LogP contribution in [-0.2, 0) is 9.59 Å².